The van der Waals surface area contributed by atoms with Gasteiger partial charge in [0.15, 0.2) is 0 Å². The van der Waals surface area contributed by atoms with Gasteiger partial charge in [-0.05, 0) is 26.0 Å². The average molecular weight is 210 g/mol. The predicted octanol–water partition coefficient (Wildman–Crippen LogP) is 1.86. The minimum Gasteiger partial charge on any atom is -0.476 e. The van der Waals surface area contributed by atoms with E-state index in [9.17, 15) is 0 Å². The largest absolute Gasteiger partial charge is 0.476 e. The summed E-state index contributed by atoms with van der Waals surface area (Å²) in [5, 5.41) is 0. The zero-order chi connectivity index (χ0) is 11.3. The Kier molecular flexibility index (Phi) is 3.91. The van der Waals surface area contributed by atoms with E-state index < -0.39 is 0 Å². The van der Waals surface area contributed by atoms with Crippen molar-refractivity contribution < 1.29 is 9.47 Å². The molecule has 0 unspecified atom stereocenters. The number of methoxy groups -OCH3 is 1. The molecular formula is C11H18N2O2. The molecule has 0 atom stereocenters. The Morgan fingerprint density at radius 1 is 1.47 bits per heavy atom. The minimum atomic E-state index is -0.177. The Hall–Kier alpha value is -1.29. The molecule has 0 saturated heterocycles. The fourth-order valence-corrected chi connectivity index (χ4v) is 1.02. The Bertz CT molecular complexity index is 313. The molecule has 0 amide bonds. The summed E-state index contributed by atoms with van der Waals surface area (Å²) in [6.07, 6.45) is 2.45. The maximum atomic E-state index is 5.68. The average Bonchev–Trinajstić information content (AvgIpc) is 2.21. The Morgan fingerprint density at radius 2 is 2.20 bits per heavy atom. The number of pyridine rings is 1. The molecule has 1 rings (SSSR count). The third kappa shape index (κ3) is 3.75. The van der Waals surface area contributed by atoms with Crippen molar-refractivity contribution in [2.24, 2.45) is 0 Å². The molecule has 4 heteroatoms. The molecule has 0 radical (unpaired) electrons. The molecule has 0 fully saturated rings. The monoisotopic (exact) mass is 210 g/mol. The first kappa shape index (κ1) is 11.8. The van der Waals surface area contributed by atoms with Gasteiger partial charge in [0.25, 0.3) is 0 Å². The van der Waals surface area contributed by atoms with Gasteiger partial charge in [0.2, 0.25) is 5.88 Å². The first-order valence-electron chi connectivity index (χ1n) is 4.93. The zero-order valence-electron chi connectivity index (χ0n) is 9.49. The van der Waals surface area contributed by atoms with Gasteiger partial charge in [0, 0.05) is 19.7 Å². The van der Waals surface area contributed by atoms with Crippen molar-refractivity contribution in [2.75, 3.05) is 19.5 Å². The van der Waals surface area contributed by atoms with Crippen molar-refractivity contribution >= 4 is 5.69 Å². The normalized spacial score (nSPS) is 11.4. The van der Waals surface area contributed by atoms with Crippen molar-refractivity contribution in [3.63, 3.8) is 0 Å². The van der Waals surface area contributed by atoms with Crippen LogP contribution in [0.15, 0.2) is 18.3 Å². The number of nitrogen functional groups attached to an aromatic ring is 1. The van der Waals surface area contributed by atoms with Gasteiger partial charge in [-0.1, -0.05) is 0 Å². The molecule has 0 spiro atoms. The van der Waals surface area contributed by atoms with Crippen LogP contribution >= 0.6 is 0 Å². The Labute approximate surface area is 90.4 Å². The van der Waals surface area contributed by atoms with E-state index in [1.807, 2.05) is 13.8 Å². The number of rotatable bonds is 5. The van der Waals surface area contributed by atoms with E-state index >= 15 is 0 Å². The molecule has 0 aliphatic heterocycles. The third-order valence-corrected chi connectivity index (χ3v) is 2.30. The first-order valence-corrected chi connectivity index (χ1v) is 4.93. The highest BCUT2D eigenvalue weighted by molar-refractivity contribution is 5.46. The van der Waals surface area contributed by atoms with Crippen LogP contribution in [0.25, 0.3) is 0 Å². The number of nitrogens with zero attached hydrogens (tertiary/aromatic N) is 1. The van der Waals surface area contributed by atoms with Crippen LogP contribution in [-0.4, -0.2) is 24.3 Å². The molecular weight excluding hydrogens is 192 g/mol. The van der Waals surface area contributed by atoms with E-state index in [-0.39, 0.29) is 5.60 Å². The second-order valence-corrected chi connectivity index (χ2v) is 3.96. The molecule has 0 aliphatic rings. The van der Waals surface area contributed by atoms with Crippen molar-refractivity contribution in [3.8, 4) is 5.88 Å². The predicted molar refractivity (Wildman–Crippen MR) is 59.8 cm³/mol. The summed E-state index contributed by atoms with van der Waals surface area (Å²) >= 11 is 0. The number of hydrogen-bond donors (Lipinski definition) is 1. The van der Waals surface area contributed by atoms with E-state index in [1.165, 1.54) is 0 Å². The summed E-state index contributed by atoms with van der Waals surface area (Å²) < 4.78 is 10.7. The quantitative estimate of drug-likeness (QED) is 0.805. The minimum absolute atomic E-state index is 0.177. The summed E-state index contributed by atoms with van der Waals surface area (Å²) in [4.78, 5) is 4.04. The SMILES string of the molecule is COC(C)(C)CCOc1ncccc1N. The van der Waals surface area contributed by atoms with Crippen LogP contribution < -0.4 is 10.5 Å². The highest BCUT2D eigenvalue weighted by atomic mass is 16.5. The van der Waals surface area contributed by atoms with Gasteiger partial charge in [-0.3, -0.25) is 0 Å². The van der Waals surface area contributed by atoms with E-state index in [0.29, 0.717) is 18.2 Å². The van der Waals surface area contributed by atoms with Crippen LogP contribution in [0.2, 0.25) is 0 Å². The van der Waals surface area contributed by atoms with Gasteiger partial charge in [-0.25, -0.2) is 4.98 Å². The standard InChI is InChI=1S/C11H18N2O2/c1-11(2,14-3)6-8-15-10-9(12)5-4-7-13-10/h4-5,7H,6,8,12H2,1-3H3. The molecule has 0 bridgehead atoms. The maximum absolute atomic E-state index is 5.68. The molecule has 0 aromatic carbocycles. The summed E-state index contributed by atoms with van der Waals surface area (Å²) in [5.41, 5.74) is 6.07. The highest BCUT2D eigenvalue weighted by Crippen LogP contribution is 2.18. The van der Waals surface area contributed by atoms with Gasteiger partial charge in [0.05, 0.1) is 17.9 Å². The van der Waals surface area contributed by atoms with Crippen LogP contribution in [0, 0.1) is 0 Å². The lowest BCUT2D eigenvalue weighted by molar-refractivity contribution is 0.00515. The fourth-order valence-electron chi connectivity index (χ4n) is 1.02. The van der Waals surface area contributed by atoms with Gasteiger partial charge in [-0.15, -0.1) is 0 Å². The van der Waals surface area contributed by atoms with Crippen LogP contribution in [0.5, 0.6) is 5.88 Å². The lowest BCUT2D eigenvalue weighted by atomic mass is 10.1. The van der Waals surface area contributed by atoms with Crippen LogP contribution in [0.3, 0.4) is 0 Å². The van der Waals surface area contributed by atoms with Crippen LogP contribution in [0.4, 0.5) is 5.69 Å². The van der Waals surface area contributed by atoms with Crippen LogP contribution in [-0.2, 0) is 4.74 Å². The third-order valence-electron chi connectivity index (χ3n) is 2.30. The number of ether oxygens (including phenoxy) is 2. The Morgan fingerprint density at radius 3 is 2.80 bits per heavy atom. The molecule has 1 aromatic heterocycles. The first-order chi connectivity index (χ1) is 7.05. The second kappa shape index (κ2) is 4.98. The van der Waals surface area contributed by atoms with Gasteiger partial charge in [-0.2, -0.15) is 0 Å². The second-order valence-electron chi connectivity index (χ2n) is 3.96. The van der Waals surface area contributed by atoms with Gasteiger partial charge in [0.1, 0.15) is 0 Å². The smallest absolute Gasteiger partial charge is 0.237 e. The highest BCUT2D eigenvalue weighted by Gasteiger charge is 2.16. The number of aromatic nitrogens is 1. The van der Waals surface area contributed by atoms with Crippen molar-refractivity contribution in [1.82, 2.24) is 4.98 Å². The molecule has 15 heavy (non-hydrogen) atoms. The lowest BCUT2D eigenvalue weighted by Gasteiger charge is -2.22. The maximum Gasteiger partial charge on any atom is 0.237 e. The van der Waals surface area contributed by atoms with E-state index in [4.69, 9.17) is 15.2 Å². The number of hydrogen-bond acceptors (Lipinski definition) is 4. The molecule has 0 saturated carbocycles. The van der Waals surface area contributed by atoms with Gasteiger partial charge < -0.3 is 15.2 Å². The van der Waals surface area contributed by atoms with Crippen molar-refractivity contribution in [3.05, 3.63) is 18.3 Å². The molecule has 1 heterocycles. The summed E-state index contributed by atoms with van der Waals surface area (Å²) in [5.74, 6) is 0.490. The van der Waals surface area contributed by atoms with E-state index in [2.05, 4.69) is 4.98 Å². The summed E-state index contributed by atoms with van der Waals surface area (Å²) in [6, 6.07) is 3.55. The molecule has 0 aliphatic carbocycles. The molecule has 2 N–H and O–H groups in total. The van der Waals surface area contributed by atoms with Crippen LogP contribution in [0.1, 0.15) is 20.3 Å². The fraction of sp³-hybridized carbons (Fsp3) is 0.545. The molecule has 1 aromatic rings. The lowest BCUT2D eigenvalue weighted by Crippen LogP contribution is -2.25. The van der Waals surface area contributed by atoms with Crippen molar-refractivity contribution in [1.29, 1.82) is 0 Å². The topological polar surface area (TPSA) is 57.4 Å². The number of nitrogens with two attached hydrogens (primary N) is 1. The van der Waals surface area contributed by atoms with Gasteiger partial charge >= 0.3 is 0 Å². The van der Waals surface area contributed by atoms with E-state index in [1.54, 1.807) is 25.4 Å². The Balaban J connectivity index is 2.42. The summed E-state index contributed by atoms with van der Waals surface area (Å²) in [7, 11) is 1.69. The molecule has 4 nitrogen and oxygen atoms in total. The summed E-state index contributed by atoms with van der Waals surface area (Å²) in [6.45, 7) is 4.57. The molecule has 84 valence electrons. The van der Waals surface area contributed by atoms with Crippen molar-refractivity contribution in [2.45, 2.75) is 25.9 Å². The van der Waals surface area contributed by atoms with E-state index in [0.717, 1.165) is 6.42 Å². The zero-order valence-corrected chi connectivity index (χ0v) is 9.49. The number of anilines is 1.